The topological polar surface area (TPSA) is 38.3 Å². The van der Waals surface area contributed by atoms with Gasteiger partial charge in [0, 0.05) is 7.05 Å². The molecule has 0 heterocycles. The first-order valence-electron chi connectivity index (χ1n) is 3.15. The molecule has 0 unspecified atom stereocenters. The van der Waals surface area contributed by atoms with Crippen molar-refractivity contribution in [2.75, 3.05) is 6.61 Å². The second-order valence-electron chi connectivity index (χ2n) is 3.31. The summed E-state index contributed by atoms with van der Waals surface area (Å²) in [5.41, 5.74) is 0.0203. The number of hydrogen-bond donors (Lipinski definition) is 1. The fourth-order valence-corrected chi connectivity index (χ4v) is 0.333. The van der Waals surface area contributed by atoms with Gasteiger partial charge in [0.1, 0.15) is 0 Å². The third-order valence-electron chi connectivity index (χ3n) is 0.781. The van der Waals surface area contributed by atoms with Crippen molar-refractivity contribution in [1.82, 2.24) is 5.32 Å². The van der Waals surface area contributed by atoms with E-state index in [0.29, 0.717) is 6.61 Å². The van der Waals surface area contributed by atoms with E-state index in [1.807, 2.05) is 20.8 Å². The Labute approximate surface area is 61.8 Å². The Morgan fingerprint density at radius 2 is 2.10 bits per heavy atom. The standard InChI is InChI=1S/C7H14NO2/c1-7(2,3)5-10-6(9)8-4/h4-5H2,1-3H3,(H,8,9). The van der Waals surface area contributed by atoms with Crippen LogP contribution < -0.4 is 5.32 Å². The highest BCUT2D eigenvalue weighted by Crippen LogP contribution is 2.12. The smallest absolute Gasteiger partial charge is 0.407 e. The number of hydrogen-bond acceptors (Lipinski definition) is 2. The number of amides is 1. The van der Waals surface area contributed by atoms with Gasteiger partial charge in [-0.15, -0.1) is 0 Å². The lowest BCUT2D eigenvalue weighted by atomic mass is 9.99. The summed E-state index contributed by atoms with van der Waals surface area (Å²) in [5, 5.41) is 2.13. The molecule has 10 heavy (non-hydrogen) atoms. The third kappa shape index (κ3) is 5.41. The number of nitrogens with one attached hydrogen (secondary N) is 1. The molecule has 1 radical (unpaired) electrons. The molecule has 0 aromatic rings. The molecule has 0 saturated carbocycles. The first-order chi connectivity index (χ1) is 4.45. The highest BCUT2D eigenvalue weighted by molar-refractivity contribution is 5.67. The van der Waals surface area contributed by atoms with Crippen molar-refractivity contribution in [2.45, 2.75) is 20.8 Å². The first kappa shape index (κ1) is 9.27. The molecule has 0 aromatic carbocycles. The Hall–Kier alpha value is -0.730. The van der Waals surface area contributed by atoms with Gasteiger partial charge >= 0.3 is 6.09 Å². The van der Waals surface area contributed by atoms with Gasteiger partial charge in [-0.05, 0) is 5.41 Å². The van der Waals surface area contributed by atoms with Gasteiger partial charge in [0.2, 0.25) is 0 Å². The third-order valence-corrected chi connectivity index (χ3v) is 0.781. The zero-order chi connectivity index (χ0) is 8.20. The lowest BCUT2D eigenvalue weighted by Crippen LogP contribution is -2.23. The average Bonchev–Trinajstić information content (AvgIpc) is 1.81. The van der Waals surface area contributed by atoms with Crippen LogP contribution in [0.25, 0.3) is 0 Å². The molecule has 0 atom stereocenters. The van der Waals surface area contributed by atoms with Crippen LogP contribution in [0.2, 0.25) is 0 Å². The molecule has 3 heteroatoms. The van der Waals surface area contributed by atoms with E-state index in [9.17, 15) is 4.79 Å². The molecule has 1 amide bonds. The highest BCUT2D eigenvalue weighted by Gasteiger charge is 2.12. The average molecular weight is 144 g/mol. The van der Waals surface area contributed by atoms with E-state index in [1.165, 1.54) is 0 Å². The van der Waals surface area contributed by atoms with Crippen LogP contribution in [0.15, 0.2) is 0 Å². The predicted octanol–water partition coefficient (Wildman–Crippen LogP) is 1.55. The van der Waals surface area contributed by atoms with E-state index < -0.39 is 6.09 Å². The number of ether oxygens (including phenoxy) is 1. The van der Waals surface area contributed by atoms with Crippen LogP contribution in [0.1, 0.15) is 20.8 Å². The van der Waals surface area contributed by atoms with Gasteiger partial charge in [0.25, 0.3) is 0 Å². The van der Waals surface area contributed by atoms with Crippen molar-refractivity contribution in [2.24, 2.45) is 5.41 Å². The van der Waals surface area contributed by atoms with E-state index in [4.69, 9.17) is 4.74 Å². The molecule has 0 aliphatic carbocycles. The van der Waals surface area contributed by atoms with Gasteiger partial charge in [-0.3, -0.25) is 0 Å². The van der Waals surface area contributed by atoms with Crippen molar-refractivity contribution < 1.29 is 9.53 Å². The second kappa shape index (κ2) is 3.44. The van der Waals surface area contributed by atoms with E-state index >= 15 is 0 Å². The lowest BCUT2D eigenvalue weighted by Gasteiger charge is -2.17. The molecule has 0 rings (SSSR count). The molecule has 1 N–H and O–H groups in total. The fourth-order valence-electron chi connectivity index (χ4n) is 0.333. The van der Waals surface area contributed by atoms with Crippen molar-refractivity contribution in [3.63, 3.8) is 0 Å². The summed E-state index contributed by atoms with van der Waals surface area (Å²) >= 11 is 0. The van der Waals surface area contributed by atoms with Crippen LogP contribution in [-0.2, 0) is 4.74 Å². The van der Waals surface area contributed by atoms with E-state index in [0.717, 1.165) is 0 Å². The van der Waals surface area contributed by atoms with Crippen LogP contribution >= 0.6 is 0 Å². The molecule has 0 aromatic heterocycles. The summed E-state index contributed by atoms with van der Waals surface area (Å²) in [4.78, 5) is 10.5. The quantitative estimate of drug-likeness (QED) is 0.606. The molecule has 0 aliphatic rings. The Morgan fingerprint density at radius 1 is 1.60 bits per heavy atom. The monoisotopic (exact) mass is 144 g/mol. The number of carbonyl (C=O) groups is 1. The van der Waals surface area contributed by atoms with E-state index in [-0.39, 0.29) is 5.41 Å². The maximum absolute atomic E-state index is 10.5. The first-order valence-corrected chi connectivity index (χ1v) is 3.15. The summed E-state index contributed by atoms with van der Waals surface area (Å²) in [7, 11) is 3.16. The van der Waals surface area contributed by atoms with Crippen LogP contribution in [0.3, 0.4) is 0 Å². The van der Waals surface area contributed by atoms with Crippen LogP contribution in [0.5, 0.6) is 0 Å². The minimum atomic E-state index is -0.477. The van der Waals surface area contributed by atoms with Gasteiger partial charge < -0.3 is 10.1 Å². The van der Waals surface area contributed by atoms with Crippen LogP contribution in [0, 0.1) is 12.5 Å². The van der Waals surface area contributed by atoms with Crippen LogP contribution in [-0.4, -0.2) is 12.7 Å². The Balaban J connectivity index is 3.46. The molecule has 3 nitrogen and oxygen atoms in total. The maximum Gasteiger partial charge on any atom is 0.407 e. The normalized spacial score (nSPS) is 10.8. The van der Waals surface area contributed by atoms with Gasteiger partial charge in [-0.2, -0.15) is 0 Å². The van der Waals surface area contributed by atoms with Crippen molar-refractivity contribution in [1.29, 1.82) is 0 Å². The Bertz CT molecular complexity index is 115. The molecular formula is C7H14NO2. The Morgan fingerprint density at radius 3 is 2.40 bits per heavy atom. The van der Waals surface area contributed by atoms with Crippen molar-refractivity contribution in [3.05, 3.63) is 7.05 Å². The molecule has 0 saturated heterocycles. The zero-order valence-electron chi connectivity index (χ0n) is 6.73. The zero-order valence-corrected chi connectivity index (χ0v) is 6.73. The maximum atomic E-state index is 10.5. The van der Waals surface area contributed by atoms with E-state index in [1.54, 1.807) is 0 Å². The minimum absolute atomic E-state index is 0.0203. The van der Waals surface area contributed by atoms with Gasteiger partial charge in [-0.25, -0.2) is 4.79 Å². The van der Waals surface area contributed by atoms with Crippen molar-refractivity contribution in [3.8, 4) is 0 Å². The molecular weight excluding hydrogens is 130 g/mol. The summed E-state index contributed by atoms with van der Waals surface area (Å²) in [5.74, 6) is 0. The van der Waals surface area contributed by atoms with Gasteiger partial charge in [0.15, 0.2) is 0 Å². The number of carbonyl (C=O) groups excluding carboxylic acids is 1. The second-order valence-corrected chi connectivity index (χ2v) is 3.31. The van der Waals surface area contributed by atoms with Gasteiger partial charge in [0.05, 0.1) is 6.61 Å². The SMILES string of the molecule is [CH2]NC(=O)OCC(C)(C)C. The van der Waals surface area contributed by atoms with Crippen molar-refractivity contribution >= 4 is 6.09 Å². The minimum Gasteiger partial charge on any atom is -0.449 e. The largest absolute Gasteiger partial charge is 0.449 e. The predicted molar refractivity (Wildman–Crippen MR) is 39.3 cm³/mol. The number of alkyl carbamates (subject to hydrolysis) is 1. The summed E-state index contributed by atoms with van der Waals surface area (Å²) < 4.78 is 4.74. The lowest BCUT2D eigenvalue weighted by molar-refractivity contribution is 0.109. The number of rotatable bonds is 1. The molecule has 0 fully saturated rings. The summed E-state index contributed by atoms with van der Waals surface area (Å²) in [6.07, 6.45) is -0.477. The Kier molecular flexibility index (Phi) is 3.19. The molecule has 0 spiro atoms. The summed E-state index contributed by atoms with van der Waals surface area (Å²) in [6.45, 7) is 6.38. The molecule has 0 aliphatic heterocycles. The highest BCUT2D eigenvalue weighted by atomic mass is 16.5. The van der Waals surface area contributed by atoms with E-state index in [2.05, 4.69) is 12.4 Å². The van der Waals surface area contributed by atoms with Gasteiger partial charge in [-0.1, -0.05) is 20.8 Å². The summed E-state index contributed by atoms with van der Waals surface area (Å²) in [6, 6.07) is 0. The fraction of sp³-hybridized carbons (Fsp3) is 0.714. The van der Waals surface area contributed by atoms with Crippen LogP contribution in [0.4, 0.5) is 4.79 Å². The molecule has 0 bridgehead atoms. The molecule has 59 valence electrons.